The molecule has 18 heteroatoms. The van der Waals surface area contributed by atoms with E-state index in [2.05, 4.69) is 64.4 Å². The summed E-state index contributed by atoms with van der Waals surface area (Å²) in [5.41, 5.74) is 7.10. The van der Waals surface area contributed by atoms with Gasteiger partial charge < -0.3 is 20.1 Å². The number of halogens is 6. The first-order valence-electron chi connectivity index (χ1n) is 17.4. The van der Waals surface area contributed by atoms with Gasteiger partial charge in [-0.25, -0.2) is 14.3 Å². The summed E-state index contributed by atoms with van der Waals surface area (Å²) in [4.78, 5) is 37.2. The van der Waals surface area contributed by atoms with Crippen molar-refractivity contribution in [2.75, 3.05) is 6.54 Å². The van der Waals surface area contributed by atoms with Crippen molar-refractivity contribution < 1.29 is 60.8 Å². The summed E-state index contributed by atoms with van der Waals surface area (Å²) in [7, 11) is 1.87. The van der Waals surface area contributed by atoms with E-state index >= 15 is 0 Å². The number of aryl methyl sites for hydroxylation is 3. The Bertz CT molecular complexity index is 2250. The summed E-state index contributed by atoms with van der Waals surface area (Å²) < 4.78 is 71.8. The van der Waals surface area contributed by atoms with E-state index in [0.717, 1.165) is 70.3 Å². The average molecular weight is 806 g/mol. The van der Waals surface area contributed by atoms with Crippen LogP contribution in [0.15, 0.2) is 60.9 Å². The number of nitrogens with zero attached hydrogens (tertiary/aromatic N) is 5. The number of carboxylic acid groups (broad SMARTS) is 3. The molecule has 2 atom stereocenters. The topological polar surface area (TPSA) is 168 Å². The molecule has 1 aliphatic heterocycles. The van der Waals surface area contributed by atoms with Crippen LogP contribution >= 0.6 is 0 Å². The van der Waals surface area contributed by atoms with E-state index in [0.29, 0.717) is 0 Å². The minimum atomic E-state index is -5.08. The standard InChI is InChI=1S/C35H39N5O3.2C2HF3O2/c1-7-27-20-40(18-25-11-10-24-17-36-15-14-29(24)33(25)43-27)19-26-16-23(9-8-21(26)2)31(35(4,5)34(41)42)28-12-13-30-32(22(28)3)37-38-39(30)6;2*3-2(4,5)1(6)7/h8-17,27,31H,7,18-20H2,1-6H3,(H,41,42);2*(H,6,7)/t27-,31?;;/m1../s1. The van der Waals surface area contributed by atoms with Gasteiger partial charge in [0.1, 0.15) is 17.4 Å². The fourth-order valence-corrected chi connectivity index (χ4v) is 6.53. The highest BCUT2D eigenvalue weighted by Gasteiger charge is 2.41. The van der Waals surface area contributed by atoms with Crippen molar-refractivity contribution in [2.45, 2.75) is 78.5 Å². The lowest BCUT2D eigenvalue weighted by Gasteiger charge is -2.33. The van der Waals surface area contributed by atoms with Gasteiger partial charge in [0.15, 0.2) is 0 Å². The molecule has 6 rings (SSSR count). The summed E-state index contributed by atoms with van der Waals surface area (Å²) in [5, 5.41) is 35.4. The zero-order valence-corrected chi connectivity index (χ0v) is 31.7. The molecule has 1 aliphatic rings. The number of hydrogen-bond donors (Lipinski definition) is 3. The fraction of sp³-hybridized carbons (Fsp3) is 0.385. The predicted octanol–water partition coefficient (Wildman–Crippen LogP) is 7.82. The fourth-order valence-electron chi connectivity index (χ4n) is 6.53. The van der Waals surface area contributed by atoms with Crippen molar-refractivity contribution in [3.05, 3.63) is 94.3 Å². The lowest BCUT2D eigenvalue weighted by molar-refractivity contribution is -0.193. The Morgan fingerprint density at radius 1 is 0.912 bits per heavy atom. The van der Waals surface area contributed by atoms with Crippen molar-refractivity contribution >= 4 is 39.7 Å². The van der Waals surface area contributed by atoms with E-state index in [1.807, 2.05) is 58.4 Å². The SMILES string of the molecule is CC[C@@H]1CN(Cc2cc(C(c3ccc4c(nnn4C)c3C)C(C)(C)C(=O)O)ccc2C)Cc2ccc3cnccc3c2O1.O=C(O)C(F)(F)F.O=C(O)C(F)(F)F. The first-order valence-corrected chi connectivity index (χ1v) is 17.4. The van der Waals surface area contributed by atoms with Gasteiger partial charge in [-0.2, -0.15) is 26.3 Å². The molecule has 5 aromatic rings. The lowest BCUT2D eigenvalue weighted by atomic mass is 9.69. The third kappa shape index (κ3) is 10.2. The van der Waals surface area contributed by atoms with Gasteiger partial charge in [-0.05, 0) is 74.1 Å². The summed E-state index contributed by atoms with van der Waals surface area (Å²) in [5.74, 6) is -5.78. The molecule has 0 radical (unpaired) electrons. The number of hydrogen-bond acceptors (Lipinski definition) is 8. The number of ether oxygens (including phenoxy) is 1. The molecule has 0 aliphatic carbocycles. The van der Waals surface area contributed by atoms with Crippen LogP contribution in [0.4, 0.5) is 26.3 Å². The van der Waals surface area contributed by atoms with Gasteiger partial charge in [0, 0.05) is 61.3 Å². The third-order valence-corrected chi connectivity index (χ3v) is 9.70. The summed E-state index contributed by atoms with van der Waals surface area (Å²) in [6.45, 7) is 12.2. The normalized spacial score (nSPS) is 15.3. The van der Waals surface area contributed by atoms with Crippen molar-refractivity contribution in [1.82, 2.24) is 24.9 Å². The second kappa shape index (κ2) is 17.2. The number of benzene rings is 3. The summed E-state index contributed by atoms with van der Waals surface area (Å²) in [6.07, 6.45) is -5.50. The van der Waals surface area contributed by atoms with Crippen LogP contribution in [0.5, 0.6) is 5.75 Å². The number of rotatable bonds is 7. The smallest absolute Gasteiger partial charge is 0.488 e. The number of aliphatic carboxylic acids is 3. The number of alkyl halides is 6. The Morgan fingerprint density at radius 3 is 2.12 bits per heavy atom. The zero-order chi connectivity index (χ0) is 42.6. The maximum Gasteiger partial charge on any atom is 0.490 e. The Balaban J connectivity index is 0.000000440. The number of aromatic nitrogens is 4. The monoisotopic (exact) mass is 805 g/mol. The Labute approximate surface area is 322 Å². The first kappa shape index (κ1) is 43.9. The van der Waals surface area contributed by atoms with E-state index in [-0.39, 0.29) is 12.0 Å². The van der Waals surface area contributed by atoms with Crippen molar-refractivity contribution in [2.24, 2.45) is 12.5 Å². The molecule has 3 heterocycles. The van der Waals surface area contributed by atoms with Crippen LogP contribution in [0, 0.1) is 19.3 Å². The minimum Gasteiger partial charge on any atom is -0.488 e. The highest BCUT2D eigenvalue weighted by Crippen LogP contribution is 2.44. The quantitative estimate of drug-likeness (QED) is 0.137. The van der Waals surface area contributed by atoms with Crippen LogP contribution in [0.25, 0.3) is 21.8 Å². The molecule has 0 saturated carbocycles. The van der Waals surface area contributed by atoms with Crippen LogP contribution in [0.3, 0.4) is 0 Å². The Morgan fingerprint density at radius 2 is 1.54 bits per heavy atom. The van der Waals surface area contributed by atoms with Crippen LogP contribution in [0.2, 0.25) is 0 Å². The highest BCUT2D eigenvalue weighted by atomic mass is 19.4. The van der Waals surface area contributed by atoms with Crippen molar-refractivity contribution in [3.63, 3.8) is 0 Å². The van der Waals surface area contributed by atoms with Gasteiger partial charge in [-0.3, -0.25) is 14.7 Å². The molecule has 0 saturated heterocycles. The van der Waals surface area contributed by atoms with E-state index < -0.39 is 35.7 Å². The molecule has 57 heavy (non-hydrogen) atoms. The molecule has 1 unspecified atom stereocenters. The maximum absolute atomic E-state index is 12.7. The molecule has 0 bridgehead atoms. The van der Waals surface area contributed by atoms with Gasteiger partial charge in [-0.1, -0.05) is 48.5 Å². The summed E-state index contributed by atoms with van der Waals surface area (Å²) in [6, 6.07) is 16.8. The van der Waals surface area contributed by atoms with Crippen molar-refractivity contribution in [1.29, 1.82) is 0 Å². The molecule has 12 nitrogen and oxygen atoms in total. The van der Waals surface area contributed by atoms with Crippen LogP contribution in [0.1, 0.15) is 66.5 Å². The number of carbonyl (C=O) groups is 3. The predicted molar refractivity (Wildman–Crippen MR) is 196 cm³/mol. The van der Waals surface area contributed by atoms with Gasteiger partial charge in [-0.15, -0.1) is 5.10 Å². The molecule has 0 fully saturated rings. The molecule has 3 N–H and O–H groups in total. The Hall–Kier alpha value is -5.78. The number of fused-ring (bicyclic) bond motifs is 4. The lowest BCUT2D eigenvalue weighted by Crippen LogP contribution is -2.33. The highest BCUT2D eigenvalue weighted by molar-refractivity contribution is 5.89. The second-order valence-electron chi connectivity index (χ2n) is 14.1. The van der Waals surface area contributed by atoms with Crippen molar-refractivity contribution in [3.8, 4) is 5.75 Å². The van der Waals surface area contributed by atoms with Crippen LogP contribution < -0.4 is 4.74 Å². The zero-order valence-electron chi connectivity index (χ0n) is 31.7. The molecule has 306 valence electrons. The minimum absolute atomic E-state index is 0.0588. The molecule has 0 spiro atoms. The molecule has 3 aromatic carbocycles. The number of carboxylic acids is 3. The maximum atomic E-state index is 12.7. The van der Waals surface area contributed by atoms with Crippen LogP contribution in [-0.2, 0) is 34.5 Å². The second-order valence-corrected chi connectivity index (χ2v) is 14.1. The largest absolute Gasteiger partial charge is 0.490 e. The summed E-state index contributed by atoms with van der Waals surface area (Å²) >= 11 is 0. The van der Waals surface area contributed by atoms with Gasteiger partial charge in [0.05, 0.1) is 10.9 Å². The van der Waals surface area contributed by atoms with E-state index in [9.17, 15) is 36.2 Å². The third-order valence-electron chi connectivity index (χ3n) is 9.70. The van der Waals surface area contributed by atoms with Gasteiger partial charge in [0.2, 0.25) is 0 Å². The molecule has 2 aromatic heterocycles. The molecular formula is C39H41F6N5O7. The Kier molecular flexibility index (Phi) is 13.2. The molecule has 0 amide bonds. The van der Waals surface area contributed by atoms with E-state index in [1.165, 1.54) is 16.7 Å². The van der Waals surface area contributed by atoms with Crippen LogP contribution in [-0.4, -0.2) is 83.1 Å². The average Bonchev–Trinajstić information content (AvgIpc) is 3.40. The van der Waals surface area contributed by atoms with Gasteiger partial charge >= 0.3 is 30.3 Å². The number of pyridine rings is 1. The van der Waals surface area contributed by atoms with E-state index in [1.54, 1.807) is 4.68 Å². The van der Waals surface area contributed by atoms with Gasteiger partial charge in [0.25, 0.3) is 0 Å². The van der Waals surface area contributed by atoms with E-state index in [4.69, 9.17) is 24.5 Å². The first-order chi connectivity index (χ1) is 26.5. The molecular weight excluding hydrogens is 764 g/mol.